The maximum absolute atomic E-state index is 4.15. The van der Waals surface area contributed by atoms with Gasteiger partial charge in [0.2, 0.25) is 0 Å². The van der Waals surface area contributed by atoms with Crippen molar-refractivity contribution in [3.63, 3.8) is 0 Å². The molecule has 0 fully saturated rings. The van der Waals surface area contributed by atoms with Crippen molar-refractivity contribution in [3.05, 3.63) is 0 Å². The molecule has 0 saturated heterocycles. The minimum Gasteiger partial charge on any atom is -0.316 e. The molecule has 13 heavy (non-hydrogen) atoms. The first kappa shape index (κ1) is 13.6. The molecule has 80 valence electrons. The number of hydrogen-bond donors (Lipinski definition) is 4. The zero-order valence-electron chi connectivity index (χ0n) is 8.42. The van der Waals surface area contributed by atoms with E-state index < -0.39 is 0 Å². The second kappa shape index (κ2) is 10.7. The summed E-state index contributed by atoms with van der Waals surface area (Å²) in [4.78, 5) is 0. The van der Waals surface area contributed by atoms with Crippen molar-refractivity contribution >= 4 is 25.3 Å². The van der Waals surface area contributed by atoms with Crippen LogP contribution in [-0.4, -0.2) is 37.7 Å². The van der Waals surface area contributed by atoms with E-state index in [2.05, 4.69) is 42.8 Å². The van der Waals surface area contributed by atoms with Gasteiger partial charge in [-0.2, -0.15) is 25.3 Å². The van der Waals surface area contributed by atoms with Crippen LogP contribution in [0.2, 0.25) is 0 Å². The van der Waals surface area contributed by atoms with Crippen molar-refractivity contribution < 1.29 is 0 Å². The van der Waals surface area contributed by atoms with E-state index in [-0.39, 0.29) is 0 Å². The Morgan fingerprint density at radius 1 is 1.00 bits per heavy atom. The van der Waals surface area contributed by atoms with Crippen molar-refractivity contribution in [2.75, 3.05) is 37.7 Å². The van der Waals surface area contributed by atoms with Crippen molar-refractivity contribution in [3.8, 4) is 0 Å². The van der Waals surface area contributed by atoms with Crippen molar-refractivity contribution in [2.45, 2.75) is 13.3 Å². The summed E-state index contributed by atoms with van der Waals surface area (Å²) in [5.74, 6) is 2.57. The summed E-state index contributed by atoms with van der Waals surface area (Å²) >= 11 is 8.30. The Labute approximate surface area is 93.1 Å². The molecule has 2 nitrogen and oxygen atoms in total. The third-order valence-electron chi connectivity index (χ3n) is 2.02. The predicted octanol–water partition coefficient (Wildman–Crippen LogP) is 1.05. The second-order valence-corrected chi connectivity index (χ2v) is 4.02. The lowest BCUT2D eigenvalue weighted by Gasteiger charge is -2.15. The third kappa shape index (κ3) is 8.94. The van der Waals surface area contributed by atoms with Crippen LogP contribution in [-0.2, 0) is 0 Å². The fourth-order valence-corrected chi connectivity index (χ4v) is 1.45. The van der Waals surface area contributed by atoms with Gasteiger partial charge in [0.15, 0.2) is 0 Å². The Bertz CT molecular complexity index is 91.6. The van der Waals surface area contributed by atoms with Gasteiger partial charge in [0.1, 0.15) is 0 Å². The molecule has 0 unspecified atom stereocenters. The lowest BCUT2D eigenvalue weighted by molar-refractivity contribution is 0.442. The van der Waals surface area contributed by atoms with Crippen LogP contribution in [0.5, 0.6) is 0 Å². The molecule has 0 bridgehead atoms. The number of hydrogen-bond acceptors (Lipinski definition) is 4. The minimum absolute atomic E-state index is 0.736. The fourth-order valence-electron chi connectivity index (χ4n) is 1.13. The van der Waals surface area contributed by atoms with Gasteiger partial charge < -0.3 is 10.6 Å². The molecule has 0 saturated carbocycles. The fraction of sp³-hybridized carbons (Fsp3) is 1.00. The Balaban J connectivity index is 3.28. The number of nitrogens with one attached hydrogen (secondary N) is 2. The zero-order chi connectivity index (χ0) is 9.94. The van der Waals surface area contributed by atoms with Crippen LogP contribution in [0, 0.1) is 5.92 Å². The van der Waals surface area contributed by atoms with E-state index in [0.29, 0.717) is 0 Å². The predicted molar refractivity (Wildman–Crippen MR) is 67.2 cm³/mol. The molecule has 0 atom stereocenters. The maximum Gasteiger partial charge on any atom is 0.00398 e. The SMILES string of the molecule is CCC(CNCCS)CNCCS. The van der Waals surface area contributed by atoms with Crippen LogP contribution in [0.15, 0.2) is 0 Å². The highest BCUT2D eigenvalue weighted by Gasteiger charge is 2.03. The summed E-state index contributed by atoms with van der Waals surface area (Å²) in [6, 6.07) is 0. The lowest BCUT2D eigenvalue weighted by Crippen LogP contribution is -2.32. The quantitative estimate of drug-likeness (QED) is 0.346. The highest BCUT2D eigenvalue weighted by molar-refractivity contribution is 7.80. The molecule has 0 rings (SSSR count). The molecule has 0 spiro atoms. The lowest BCUT2D eigenvalue weighted by atomic mass is 10.1. The summed E-state index contributed by atoms with van der Waals surface area (Å²) in [6.07, 6.45) is 1.22. The zero-order valence-corrected chi connectivity index (χ0v) is 10.2. The van der Waals surface area contributed by atoms with Crippen molar-refractivity contribution in [1.82, 2.24) is 10.6 Å². The normalized spacial score (nSPS) is 11.1. The van der Waals surface area contributed by atoms with E-state index in [1.807, 2.05) is 0 Å². The Morgan fingerprint density at radius 3 is 1.77 bits per heavy atom. The van der Waals surface area contributed by atoms with Gasteiger partial charge in [-0.25, -0.2) is 0 Å². The molecule has 4 heteroatoms. The van der Waals surface area contributed by atoms with Crippen LogP contribution >= 0.6 is 25.3 Å². The smallest absolute Gasteiger partial charge is 0.00398 e. The summed E-state index contributed by atoms with van der Waals surface area (Å²) in [6.45, 7) is 6.43. The van der Waals surface area contributed by atoms with Crippen molar-refractivity contribution in [1.29, 1.82) is 0 Å². The van der Waals surface area contributed by atoms with Crippen LogP contribution < -0.4 is 10.6 Å². The average Bonchev–Trinajstić information content (AvgIpc) is 2.16. The van der Waals surface area contributed by atoms with E-state index in [9.17, 15) is 0 Å². The van der Waals surface area contributed by atoms with Gasteiger partial charge in [-0.3, -0.25) is 0 Å². The molecule has 2 N–H and O–H groups in total. The number of thiol groups is 2. The molecular weight excluding hydrogens is 200 g/mol. The molecule has 0 aliphatic rings. The minimum atomic E-state index is 0.736. The Kier molecular flexibility index (Phi) is 11.2. The largest absolute Gasteiger partial charge is 0.316 e. The van der Waals surface area contributed by atoms with Gasteiger partial charge in [-0.05, 0) is 19.0 Å². The number of rotatable bonds is 9. The molecule has 0 aliphatic heterocycles. The van der Waals surface area contributed by atoms with Crippen molar-refractivity contribution in [2.24, 2.45) is 5.92 Å². The van der Waals surface area contributed by atoms with E-state index >= 15 is 0 Å². The van der Waals surface area contributed by atoms with Crippen LogP contribution in [0.1, 0.15) is 13.3 Å². The van der Waals surface area contributed by atoms with E-state index in [1.165, 1.54) is 6.42 Å². The first-order valence-corrected chi connectivity index (χ1v) is 6.24. The van der Waals surface area contributed by atoms with E-state index in [1.54, 1.807) is 0 Å². The highest BCUT2D eigenvalue weighted by atomic mass is 32.1. The first-order chi connectivity index (χ1) is 6.35. The average molecular weight is 222 g/mol. The van der Waals surface area contributed by atoms with Gasteiger partial charge in [-0.15, -0.1) is 0 Å². The molecule has 0 aromatic carbocycles. The van der Waals surface area contributed by atoms with Crippen LogP contribution in [0.3, 0.4) is 0 Å². The van der Waals surface area contributed by atoms with E-state index in [4.69, 9.17) is 0 Å². The molecule has 0 aromatic heterocycles. The van der Waals surface area contributed by atoms with Gasteiger partial charge in [0, 0.05) is 24.6 Å². The van der Waals surface area contributed by atoms with E-state index in [0.717, 1.165) is 43.6 Å². The highest BCUT2D eigenvalue weighted by Crippen LogP contribution is 1.98. The van der Waals surface area contributed by atoms with Gasteiger partial charge in [-0.1, -0.05) is 13.3 Å². The third-order valence-corrected chi connectivity index (χ3v) is 2.47. The maximum atomic E-state index is 4.15. The summed E-state index contributed by atoms with van der Waals surface area (Å²) in [5, 5.41) is 6.76. The van der Waals surface area contributed by atoms with Gasteiger partial charge in [0.05, 0.1) is 0 Å². The van der Waals surface area contributed by atoms with Gasteiger partial charge >= 0.3 is 0 Å². The molecule has 0 aromatic rings. The molecule has 0 heterocycles. The van der Waals surface area contributed by atoms with Crippen LogP contribution in [0.4, 0.5) is 0 Å². The standard InChI is InChI=1S/C9H22N2S2/c1-2-9(7-10-3-5-12)8-11-4-6-13/h9-13H,2-8H2,1H3. The monoisotopic (exact) mass is 222 g/mol. The first-order valence-electron chi connectivity index (χ1n) is 4.98. The Hall–Kier alpha value is 0.620. The van der Waals surface area contributed by atoms with Gasteiger partial charge in [0.25, 0.3) is 0 Å². The summed E-state index contributed by atoms with van der Waals surface area (Å²) in [7, 11) is 0. The molecule has 0 aliphatic carbocycles. The molecule has 0 radical (unpaired) electrons. The molecule has 0 amide bonds. The summed E-state index contributed by atoms with van der Waals surface area (Å²) < 4.78 is 0. The van der Waals surface area contributed by atoms with Crippen LogP contribution in [0.25, 0.3) is 0 Å². The molecular formula is C9H22N2S2. The Morgan fingerprint density at radius 2 is 1.46 bits per heavy atom. The summed E-state index contributed by atoms with van der Waals surface area (Å²) in [5.41, 5.74) is 0. The second-order valence-electron chi connectivity index (χ2n) is 3.13. The topological polar surface area (TPSA) is 24.1 Å².